The van der Waals surface area contributed by atoms with Crippen LogP contribution >= 0.6 is 12.2 Å². The van der Waals surface area contributed by atoms with E-state index in [0.29, 0.717) is 4.64 Å². The summed E-state index contributed by atoms with van der Waals surface area (Å²) in [4.78, 5) is 4.10. The number of aromatic nitrogens is 3. The van der Waals surface area contributed by atoms with Gasteiger partial charge >= 0.3 is 0 Å². The highest BCUT2D eigenvalue weighted by Crippen LogP contribution is 2.14. The van der Waals surface area contributed by atoms with E-state index in [-0.39, 0.29) is 0 Å². The number of hydrogen-bond donors (Lipinski definition) is 1. The van der Waals surface area contributed by atoms with E-state index >= 15 is 0 Å². The number of aryl methyl sites for hydroxylation is 1. The zero-order valence-corrected chi connectivity index (χ0v) is 8.51. The molecule has 14 heavy (non-hydrogen) atoms. The number of nitrogens with one attached hydrogen (secondary N) is 1. The van der Waals surface area contributed by atoms with Gasteiger partial charge in [0.05, 0.1) is 5.69 Å². The van der Waals surface area contributed by atoms with Crippen molar-refractivity contribution in [3.05, 3.63) is 40.8 Å². The summed E-state index contributed by atoms with van der Waals surface area (Å²) in [6.07, 6.45) is 3.60. The molecule has 0 saturated carbocycles. The summed E-state index contributed by atoms with van der Waals surface area (Å²) in [6, 6.07) is 5.74. The highest BCUT2D eigenvalue weighted by molar-refractivity contribution is 7.71. The second-order valence-corrected chi connectivity index (χ2v) is 3.50. The van der Waals surface area contributed by atoms with Crippen molar-refractivity contribution in [3.63, 3.8) is 0 Å². The van der Waals surface area contributed by atoms with Crippen molar-refractivity contribution in [1.29, 1.82) is 0 Å². The summed E-state index contributed by atoms with van der Waals surface area (Å²) in [7, 11) is 0. The van der Waals surface area contributed by atoms with Gasteiger partial charge in [-0.1, -0.05) is 12.2 Å². The Kier molecular flexibility index (Phi) is 2.37. The Labute approximate surface area is 86.8 Å². The topological polar surface area (TPSA) is 41.6 Å². The standard InChI is InChI=1S/C10H9N3S/c1-7-4-8(6-11-5-7)9-2-3-10(14)13-12-9/h2-6H,1H3,(H,13,14). The summed E-state index contributed by atoms with van der Waals surface area (Å²) in [5, 5.41) is 6.88. The number of aromatic amines is 1. The van der Waals surface area contributed by atoms with Gasteiger partial charge in [-0.25, -0.2) is 0 Å². The molecule has 0 radical (unpaired) electrons. The molecule has 0 aliphatic rings. The molecule has 1 N–H and O–H groups in total. The van der Waals surface area contributed by atoms with Crippen LogP contribution in [0, 0.1) is 11.6 Å². The first kappa shape index (κ1) is 9.02. The maximum atomic E-state index is 4.91. The van der Waals surface area contributed by atoms with Crippen molar-refractivity contribution in [2.45, 2.75) is 6.92 Å². The number of hydrogen-bond acceptors (Lipinski definition) is 3. The molecule has 4 heteroatoms. The molecule has 0 unspecified atom stereocenters. The molecule has 2 rings (SSSR count). The van der Waals surface area contributed by atoms with Crippen LogP contribution in [0.1, 0.15) is 5.56 Å². The van der Waals surface area contributed by atoms with E-state index in [1.807, 2.05) is 31.3 Å². The average molecular weight is 203 g/mol. The fraction of sp³-hybridized carbons (Fsp3) is 0.100. The lowest BCUT2D eigenvalue weighted by molar-refractivity contribution is 1.02. The van der Waals surface area contributed by atoms with Crippen LogP contribution in [-0.2, 0) is 0 Å². The molecule has 2 heterocycles. The predicted molar refractivity (Wildman–Crippen MR) is 57.4 cm³/mol. The van der Waals surface area contributed by atoms with Gasteiger partial charge in [0, 0.05) is 18.0 Å². The summed E-state index contributed by atoms with van der Waals surface area (Å²) in [6.45, 7) is 2.00. The van der Waals surface area contributed by atoms with Crippen molar-refractivity contribution < 1.29 is 0 Å². The monoisotopic (exact) mass is 203 g/mol. The van der Waals surface area contributed by atoms with Gasteiger partial charge in [0.1, 0.15) is 4.64 Å². The van der Waals surface area contributed by atoms with Crippen molar-refractivity contribution in [1.82, 2.24) is 15.2 Å². The molecule has 0 aliphatic heterocycles. The smallest absolute Gasteiger partial charge is 0.119 e. The fourth-order valence-electron chi connectivity index (χ4n) is 1.20. The summed E-state index contributed by atoms with van der Waals surface area (Å²) in [5.74, 6) is 0. The maximum absolute atomic E-state index is 4.91. The number of H-pyrrole nitrogens is 1. The van der Waals surface area contributed by atoms with E-state index < -0.39 is 0 Å². The van der Waals surface area contributed by atoms with Crippen molar-refractivity contribution >= 4 is 12.2 Å². The molecular formula is C10H9N3S. The summed E-state index contributed by atoms with van der Waals surface area (Å²) in [5.41, 5.74) is 2.97. The SMILES string of the molecule is Cc1cncc(-c2ccc(=S)[nH]n2)c1. The lowest BCUT2D eigenvalue weighted by Gasteiger charge is -1.99. The van der Waals surface area contributed by atoms with Crippen molar-refractivity contribution in [2.24, 2.45) is 0 Å². The van der Waals surface area contributed by atoms with E-state index in [1.165, 1.54) is 0 Å². The van der Waals surface area contributed by atoms with Crippen LogP contribution in [0.3, 0.4) is 0 Å². The second kappa shape index (κ2) is 3.67. The first-order chi connectivity index (χ1) is 6.75. The Morgan fingerprint density at radius 2 is 2.14 bits per heavy atom. The first-order valence-electron chi connectivity index (χ1n) is 4.23. The molecule has 0 spiro atoms. The van der Waals surface area contributed by atoms with Crippen molar-refractivity contribution in [3.8, 4) is 11.3 Å². The molecule has 0 saturated heterocycles. The lowest BCUT2D eigenvalue weighted by Crippen LogP contribution is -1.88. The van der Waals surface area contributed by atoms with Gasteiger partial charge in [-0.2, -0.15) is 5.10 Å². The van der Waals surface area contributed by atoms with Crippen LogP contribution in [0.25, 0.3) is 11.3 Å². The Morgan fingerprint density at radius 1 is 1.29 bits per heavy atom. The Hall–Kier alpha value is -1.55. The van der Waals surface area contributed by atoms with Crippen LogP contribution in [0.5, 0.6) is 0 Å². The molecule has 3 nitrogen and oxygen atoms in total. The lowest BCUT2D eigenvalue weighted by atomic mass is 10.1. The second-order valence-electron chi connectivity index (χ2n) is 3.06. The molecule has 70 valence electrons. The van der Waals surface area contributed by atoms with Crippen LogP contribution in [0.15, 0.2) is 30.6 Å². The van der Waals surface area contributed by atoms with Gasteiger partial charge in [-0.05, 0) is 30.7 Å². The highest BCUT2D eigenvalue weighted by Gasteiger charge is 1.98. The van der Waals surface area contributed by atoms with Gasteiger partial charge in [-0.15, -0.1) is 0 Å². The zero-order chi connectivity index (χ0) is 9.97. The van der Waals surface area contributed by atoms with Crippen LogP contribution < -0.4 is 0 Å². The van der Waals surface area contributed by atoms with Crippen LogP contribution in [0.4, 0.5) is 0 Å². The first-order valence-corrected chi connectivity index (χ1v) is 4.64. The zero-order valence-electron chi connectivity index (χ0n) is 7.69. The molecule has 0 aromatic carbocycles. The Bertz CT molecular complexity index is 484. The van der Waals surface area contributed by atoms with Crippen LogP contribution in [-0.4, -0.2) is 15.2 Å². The predicted octanol–water partition coefficient (Wildman–Crippen LogP) is 2.51. The minimum atomic E-state index is 0.634. The van der Waals surface area contributed by atoms with Gasteiger partial charge in [0.15, 0.2) is 0 Å². The molecule has 0 amide bonds. The summed E-state index contributed by atoms with van der Waals surface area (Å²) < 4.78 is 0.634. The van der Waals surface area contributed by atoms with Gasteiger partial charge in [0.2, 0.25) is 0 Å². The molecule has 0 aliphatic carbocycles. The van der Waals surface area contributed by atoms with Gasteiger partial charge < -0.3 is 0 Å². The largest absolute Gasteiger partial charge is 0.267 e. The van der Waals surface area contributed by atoms with E-state index in [1.54, 1.807) is 6.20 Å². The van der Waals surface area contributed by atoms with E-state index in [2.05, 4.69) is 15.2 Å². The normalized spacial score (nSPS) is 10.1. The number of rotatable bonds is 1. The third-order valence-corrected chi connectivity index (χ3v) is 2.08. The fourth-order valence-corrected chi connectivity index (χ4v) is 1.31. The molecule has 2 aromatic heterocycles. The average Bonchev–Trinajstić information content (AvgIpc) is 2.19. The Morgan fingerprint density at radius 3 is 2.79 bits per heavy atom. The van der Waals surface area contributed by atoms with Crippen LogP contribution in [0.2, 0.25) is 0 Å². The maximum Gasteiger partial charge on any atom is 0.119 e. The third kappa shape index (κ3) is 1.85. The Balaban J connectivity index is 2.49. The quantitative estimate of drug-likeness (QED) is 0.724. The van der Waals surface area contributed by atoms with Gasteiger partial charge in [-0.3, -0.25) is 10.1 Å². The molecular weight excluding hydrogens is 194 g/mol. The minimum Gasteiger partial charge on any atom is -0.267 e. The minimum absolute atomic E-state index is 0.634. The molecule has 0 bridgehead atoms. The van der Waals surface area contributed by atoms with Crippen molar-refractivity contribution in [2.75, 3.05) is 0 Å². The van der Waals surface area contributed by atoms with Gasteiger partial charge in [0.25, 0.3) is 0 Å². The third-order valence-electron chi connectivity index (χ3n) is 1.85. The highest BCUT2D eigenvalue weighted by atomic mass is 32.1. The van der Waals surface area contributed by atoms with E-state index in [0.717, 1.165) is 16.8 Å². The molecule has 0 atom stereocenters. The number of pyridine rings is 1. The number of nitrogens with zero attached hydrogens (tertiary/aromatic N) is 2. The molecule has 2 aromatic rings. The molecule has 0 fully saturated rings. The van der Waals surface area contributed by atoms with E-state index in [4.69, 9.17) is 12.2 Å². The van der Waals surface area contributed by atoms with E-state index in [9.17, 15) is 0 Å². The summed E-state index contributed by atoms with van der Waals surface area (Å²) >= 11 is 4.91.